The Hall–Kier alpha value is -2.24. The van der Waals surface area contributed by atoms with Crippen molar-refractivity contribution in [2.24, 2.45) is 10.8 Å². The molecule has 3 rings (SSSR count). The van der Waals surface area contributed by atoms with E-state index in [0.29, 0.717) is 0 Å². The molecule has 0 saturated heterocycles. The van der Waals surface area contributed by atoms with E-state index in [1.165, 1.54) is 12.5 Å². The van der Waals surface area contributed by atoms with E-state index >= 15 is 0 Å². The fourth-order valence-corrected chi connectivity index (χ4v) is 3.52. The van der Waals surface area contributed by atoms with Gasteiger partial charge >= 0.3 is 17.7 Å². The average Bonchev–Trinajstić information content (AvgIpc) is 3.17. The zero-order chi connectivity index (χ0) is 19.4. The summed E-state index contributed by atoms with van der Waals surface area (Å²) in [4.78, 5) is 25.4. The Balaban J connectivity index is 1.60. The van der Waals surface area contributed by atoms with Crippen molar-refractivity contribution in [1.82, 2.24) is 0 Å². The van der Waals surface area contributed by atoms with Gasteiger partial charge in [-0.3, -0.25) is 0 Å². The van der Waals surface area contributed by atoms with Crippen molar-refractivity contribution in [3.8, 4) is 0 Å². The minimum Gasteiger partial charge on any atom is -0.459 e. The molecular weight excluding hydrogens is 348 g/mol. The quantitative estimate of drug-likeness (QED) is 0.399. The second-order valence-electron chi connectivity index (χ2n) is 8.33. The summed E-state index contributed by atoms with van der Waals surface area (Å²) in [7, 11) is 0. The molecule has 3 aliphatic rings. The Morgan fingerprint density at radius 2 is 1.26 bits per heavy atom. The van der Waals surface area contributed by atoms with Crippen molar-refractivity contribution in [3.05, 3.63) is 36.8 Å². The van der Waals surface area contributed by atoms with Crippen LogP contribution in [0.3, 0.4) is 0 Å². The summed E-state index contributed by atoms with van der Waals surface area (Å²) < 4.78 is 21.3. The number of esters is 2. The predicted octanol–water partition coefficient (Wildman–Crippen LogP) is 3.78. The normalized spacial score (nSPS) is 31.0. The standard InChI is InChI=1S/C21H28O6/c1-19(9-5-3-6-10-19)15-24-17(22)21(26-13-14-27-21)18(23)25-16-20(2)11-7-4-8-12-20/h3-5,7,13-14H,6,8-12,15-16H2,1-2H3. The van der Waals surface area contributed by atoms with Crippen LogP contribution in [0.4, 0.5) is 0 Å². The van der Waals surface area contributed by atoms with E-state index in [2.05, 4.69) is 38.2 Å². The molecule has 0 aromatic rings. The van der Waals surface area contributed by atoms with Crippen LogP contribution in [0, 0.1) is 10.8 Å². The lowest BCUT2D eigenvalue weighted by atomic mass is 9.80. The van der Waals surface area contributed by atoms with Gasteiger partial charge in [-0.05, 0) is 38.5 Å². The van der Waals surface area contributed by atoms with Gasteiger partial charge in [0, 0.05) is 10.8 Å². The number of rotatable bonds is 6. The molecule has 0 radical (unpaired) electrons. The summed E-state index contributed by atoms with van der Waals surface area (Å²) in [6.07, 6.45) is 16.1. The van der Waals surface area contributed by atoms with Gasteiger partial charge in [0.15, 0.2) is 0 Å². The van der Waals surface area contributed by atoms with Crippen LogP contribution in [-0.4, -0.2) is 30.9 Å². The maximum atomic E-state index is 12.7. The molecule has 0 fully saturated rings. The van der Waals surface area contributed by atoms with Gasteiger partial charge in [-0.1, -0.05) is 38.2 Å². The zero-order valence-electron chi connectivity index (χ0n) is 16.1. The van der Waals surface area contributed by atoms with Crippen molar-refractivity contribution in [2.75, 3.05) is 13.2 Å². The fraction of sp³-hybridized carbons (Fsp3) is 0.619. The van der Waals surface area contributed by atoms with E-state index in [0.717, 1.165) is 38.5 Å². The molecule has 2 unspecified atom stereocenters. The molecule has 0 saturated carbocycles. The summed E-state index contributed by atoms with van der Waals surface area (Å²) in [5.74, 6) is -3.94. The first-order valence-electron chi connectivity index (χ1n) is 9.53. The van der Waals surface area contributed by atoms with E-state index in [1.54, 1.807) is 0 Å². The highest BCUT2D eigenvalue weighted by Crippen LogP contribution is 2.35. The van der Waals surface area contributed by atoms with Crippen molar-refractivity contribution in [1.29, 1.82) is 0 Å². The monoisotopic (exact) mass is 376 g/mol. The lowest BCUT2D eigenvalue weighted by Gasteiger charge is -2.33. The van der Waals surface area contributed by atoms with Crippen molar-refractivity contribution in [2.45, 2.75) is 58.2 Å². The van der Waals surface area contributed by atoms with Crippen molar-refractivity contribution in [3.63, 3.8) is 0 Å². The van der Waals surface area contributed by atoms with Gasteiger partial charge in [0.05, 0.1) is 13.2 Å². The van der Waals surface area contributed by atoms with Gasteiger partial charge in [-0.15, -0.1) is 0 Å². The number of ether oxygens (including phenoxy) is 4. The van der Waals surface area contributed by atoms with Gasteiger partial charge in [-0.25, -0.2) is 9.59 Å². The number of allylic oxidation sites excluding steroid dienone is 4. The second-order valence-corrected chi connectivity index (χ2v) is 8.33. The average molecular weight is 376 g/mol. The van der Waals surface area contributed by atoms with Gasteiger partial charge in [0.25, 0.3) is 0 Å². The van der Waals surface area contributed by atoms with Crippen LogP contribution in [0.5, 0.6) is 0 Å². The van der Waals surface area contributed by atoms with Gasteiger partial charge in [-0.2, -0.15) is 0 Å². The van der Waals surface area contributed by atoms with Crippen molar-refractivity contribution < 1.29 is 28.5 Å². The molecule has 1 heterocycles. The first kappa shape index (κ1) is 19.5. The van der Waals surface area contributed by atoms with E-state index in [9.17, 15) is 9.59 Å². The first-order valence-corrected chi connectivity index (χ1v) is 9.53. The minimum absolute atomic E-state index is 0.149. The Kier molecular flexibility index (Phi) is 5.63. The highest BCUT2D eigenvalue weighted by Gasteiger charge is 2.57. The molecule has 0 spiro atoms. The van der Waals surface area contributed by atoms with Crippen LogP contribution in [0.1, 0.15) is 52.4 Å². The topological polar surface area (TPSA) is 71.1 Å². The summed E-state index contributed by atoms with van der Waals surface area (Å²) in [5, 5.41) is 0. The lowest BCUT2D eigenvalue weighted by molar-refractivity contribution is -0.220. The van der Waals surface area contributed by atoms with E-state index in [4.69, 9.17) is 18.9 Å². The molecule has 148 valence electrons. The zero-order valence-corrected chi connectivity index (χ0v) is 16.1. The first-order chi connectivity index (χ1) is 12.9. The Labute approximate surface area is 160 Å². The largest absolute Gasteiger partial charge is 0.459 e. The fourth-order valence-electron chi connectivity index (χ4n) is 3.52. The highest BCUT2D eigenvalue weighted by atomic mass is 16.8. The van der Waals surface area contributed by atoms with Gasteiger partial charge < -0.3 is 18.9 Å². The highest BCUT2D eigenvalue weighted by molar-refractivity contribution is 6.02. The molecule has 0 bridgehead atoms. The maximum absolute atomic E-state index is 12.7. The third-order valence-electron chi connectivity index (χ3n) is 5.55. The molecular formula is C21H28O6. The van der Waals surface area contributed by atoms with E-state index < -0.39 is 17.7 Å². The number of carbonyl (C=O) groups is 2. The predicted molar refractivity (Wildman–Crippen MR) is 98.2 cm³/mol. The summed E-state index contributed by atoms with van der Waals surface area (Å²) in [5.41, 5.74) is -0.299. The molecule has 6 nitrogen and oxygen atoms in total. The number of hydrogen-bond donors (Lipinski definition) is 0. The Bertz CT molecular complexity index is 608. The molecule has 6 heteroatoms. The lowest BCUT2D eigenvalue weighted by Crippen LogP contribution is -2.51. The molecule has 1 aliphatic heterocycles. The number of hydrogen-bond acceptors (Lipinski definition) is 6. The van der Waals surface area contributed by atoms with Crippen molar-refractivity contribution >= 4 is 11.9 Å². The van der Waals surface area contributed by atoms with Gasteiger partial charge in [0.1, 0.15) is 12.5 Å². The summed E-state index contributed by atoms with van der Waals surface area (Å²) >= 11 is 0. The van der Waals surface area contributed by atoms with E-state index in [-0.39, 0.29) is 24.0 Å². The smallest absolute Gasteiger partial charge is 0.452 e. The third kappa shape index (κ3) is 4.37. The van der Waals surface area contributed by atoms with Gasteiger partial charge in [0.2, 0.25) is 0 Å². The summed E-state index contributed by atoms with van der Waals surface area (Å²) in [6, 6.07) is 0. The molecule has 27 heavy (non-hydrogen) atoms. The van der Waals surface area contributed by atoms with Crippen LogP contribution >= 0.6 is 0 Å². The number of carbonyl (C=O) groups excluding carboxylic acids is 2. The van der Waals surface area contributed by atoms with Crippen LogP contribution in [0.2, 0.25) is 0 Å². The second kappa shape index (κ2) is 7.79. The molecule has 0 N–H and O–H groups in total. The Morgan fingerprint density at radius 1 is 0.815 bits per heavy atom. The van der Waals surface area contributed by atoms with Crippen LogP contribution in [0.25, 0.3) is 0 Å². The van der Waals surface area contributed by atoms with Crippen LogP contribution in [0.15, 0.2) is 36.8 Å². The van der Waals surface area contributed by atoms with E-state index in [1.807, 2.05) is 0 Å². The molecule has 0 amide bonds. The Morgan fingerprint density at radius 3 is 1.63 bits per heavy atom. The maximum Gasteiger partial charge on any atom is 0.452 e. The molecule has 0 aromatic carbocycles. The third-order valence-corrected chi connectivity index (χ3v) is 5.55. The molecule has 2 atom stereocenters. The molecule has 2 aliphatic carbocycles. The van der Waals surface area contributed by atoms with Crippen LogP contribution < -0.4 is 0 Å². The minimum atomic E-state index is -2.19. The summed E-state index contributed by atoms with van der Waals surface area (Å²) in [6.45, 7) is 4.50. The van der Waals surface area contributed by atoms with Crippen LogP contribution in [-0.2, 0) is 28.5 Å². The SMILES string of the molecule is CC1(COC(=O)C2(C(=O)OCC3(C)CC=CCC3)OC=CO2)CC=CCC1. The molecule has 0 aromatic heterocycles.